The zero-order valence-electron chi connectivity index (χ0n) is 33.9. The van der Waals surface area contributed by atoms with Gasteiger partial charge in [-0.2, -0.15) is 10.4 Å². The van der Waals surface area contributed by atoms with E-state index in [1.807, 2.05) is 19.6 Å². The molecular weight excluding hydrogens is 737 g/mol. The third-order valence-corrected chi connectivity index (χ3v) is 8.76. The van der Waals surface area contributed by atoms with Crippen molar-refractivity contribution in [2.45, 2.75) is 131 Å². The number of hydrogen-bond donors (Lipinski definition) is 2. The Hall–Kier alpha value is -4.80. The second kappa shape index (κ2) is 16.9. The number of anilines is 1. The Morgan fingerprint density at radius 1 is 1.00 bits per heavy atom. The molecule has 1 fully saturated rings. The van der Waals surface area contributed by atoms with Gasteiger partial charge in [0.25, 0.3) is 0 Å². The van der Waals surface area contributed by atoms with Crippen LogP contribution in [0.1, 0.15) is 81.4 Å². The quantitative estimate of drug-likeness (QED) is 0.125. The number of carbonyl (C=O) groups is 5. The van der Waals surface area contributed by atoms with Crippen LogP contribution in [0, 0.1) is 22.2 Å². The van der Waals surface area contributed by atoms with Gasteiger partial charge in [0.15, 0.2) is 20.2 Å². The van der Waals surface area contributed by atoms with Gasteiger partial charge in [-0.05, 0) is 78.7 Å². The Balaban J connectivity index is 2.01. The van der Waals surface area contributed by atoms with Crippen molar-refractivity contribution in [1.29, 1.82) is 5.26 Å². The number of nitriles is 1. The van der Waals surface area contributed by atoms with E-state index in [0.29, 0.717) is 0 Å². The first-order chi connectivity index (χ1) is 25.2. The summed E-state index contributed by atoms with van der Waals surface area (Å²) in [4.78, 5) is 68.0. The van der Waals surface area contributed by atoms with Crippen LogP contribution in [0.5, 0.6) is 0 Å². The van der Waals surface area contributed by atoms with Crippen molar-refractivity contribution < 1.29 is 56.8 Å². The van der Waals surface area contributed by atoms with Gasteiger partial charge in [0.2, 0.25) is 12.4 Å². The van der Waals surface area contributed by atoms with Gasteiger partial charge in [0.05, 0.1) is 11.1 Å². The third-order valence-electron chi connectivity index (χ3n) is 7.80. The first kappa shape index (κ1) is 44.6. The molecule has 0 aliphatic carbocycles. The van der Waals surface area contributed by atoms with Crippen molar-refractivity contribution in [1.82, 2.24) is 19.9 Å². The second-order valence-electron chi connectivity index (χ2n) is 17.0. The van der Waals surface area contributed by atoms with E-state index in [2.05, 4.69) is 26.8 Å². The predicted octanol–water partition coefficient (Wildman–Crippen LogP) is 4.97. The van der Waals surface area contributed by atoms with Crippen LogP contribution in [0.15, 0.2) is 18.5 Å². The summed E-state index contributed by atoms with van der Waals surface area (Å²) in [5.41, 5.74) is -4.14. The Kier molecular flexibility index (Phi) is 13.7. The topological polar surface area (TPSA) is 228 Å². The number of rotatable bonds is 12. The van der Waals surface area contributed by atoms with Gasteiger partial charge in [-0.25, -0.2) is 23.9 Å². The number of amides is 2. The highest BCUT2D eigenvalue weighted by Gasteiger charge is 2.62. The summed E-state index contributed by atoms with van der Waals surface area (Å²) in [7, 11) is -2.57. The highest BCUT2D eigenvalue weighted by molar-refractivity contribution is 6.69. The number of esters is 3. The molecule has 0 unspecified atom stereocenters. The Morgan fingerprint density at radius 3 is 2.20 bits per heavy atom. The molecule has 18 nitrogen and oxygen atoms in total. The van der Waals surface area contributed by atoms with Crippen molar-refractivity contribution >= 4 is 49.7 Å². The fourth-order valence-corrected chi connectivity index (χ4v) is 6.35. The van der Waals surface area contributed by atoms with Gasteiger partial charge in [0, 0.05) is 6.42 Å². The van der Waals surface area contributed by atoms with Crippen LogP contribution in [-0.4, -0.2) is 96.4 Å². The molecule has 0 aromatic carbocycles. The molecule has 3 heterocycles. The molecule has 1 saturated heterocycles. The molecule has 0 saturated carbocycles. The van der Waals surface area contributed by atoms with Crippen molar-refractivity contribution in [2.24, 2.45) is 10.8 Å². The molecule has 304 valence electrons. The summed E-state index contributed by atoms with van der Waals surface area (Å²) in [6, 6.07) is 4.09. The molecule has 1 aliphatic rings. The summed E-state index contributed by atoms with van der Waals surface area (Å²) in [6.07, 6.45) is -4.45. The van der Waals surface area contributed by atoms with E-state index >= 15 is 0 Å². The Bertz CT molecular complexity index is 1780. The number of ether oxygens (including phenoxy) is 6. The van der Waals surface area contributed by atoms with Gasteiger partial charge in [-0.15, -0.1) is 0 Å². The Labute approximate surface area is 321 Å². The molecule has 3 rings (SSSR count). The van der Waals surface area contributed by atoms with Gasteiger partial charge in [-0.3, -0.25) is 14.9 Å². The summed E-state index contributed by atoms with van der Waals surface area (Å²) in [5, 5.41) is 20.4. The van der Waals surface area contributed by atoms with Gasteiger partial charge < -0.3 is 38.2 Å². The highest BCUT2D eigenvalue weighted by atomic mass is 28.4. The maximum atomic E-state index is 13.6. The molecule has 2 aromatic rings. The number of nitrogens with zero attached hydrogens (tertiary/aromatic N) is 4. The maximum absolute atomic E-state index is 13.6. The smallest absolute Gasteiger partial charge is 0.415 e. The van der Waals surface area contributed by atoms with Gasteiger partial charge in [-0.1, -0.05) is 27.7 Å². The lowest BCUT2D eigenvalue weighted by molar-refractivity contribution is -0.162. The molecule has 19 heteroatoms. The number of aromatic nitrogens is 3. The molecule has 0 radical (unpaired) electrons. The zero-order chi connectivity index (χ0) is 41.7. The van der Waals surface area contributed by atoms with Crippen LogP contribution in [0.3, 0.4) is 0 Å². The monoisotopic (exact) mass is 790 g/mol. The average molecular weight is 791 g/mol. The van der Waals surface area contributed by atoms with E-state index in [0.717, 1.165) is 6.33 Å². The molecule has 2 amide bonds. The minimum atomic E-state index is -2.57. The SMILES string of the molecule is CCC(=O)O[C@H]1[C@@H](O[Si](C)(C)C)[C@](C#N)(c2ccc3c(NC(=O)OCOC(=O)C(C)(C)C)ncnn23)O[C@@H]1COC(=O)[C@@H](NC(=O)OC(C)(C)C)C(C)(C)C. The summed E-state index contributed by atoms with van der Waals surface area (Å²) in [5.74, 6) is -2.04. The van der Waals surface area contributed by atoms with Crippen LogP contribution in [0.2, 0.25) is 19.6 Å². The highest BCUT2D eigenvalue weighted by Crippen LogP contribution is 2.45. The summed E-state index contributed by atoms with van der Waals surface area (Å²) in [6.45, 7) is 21.3. The lowest BCUT2D eigenvalue weighted by atomic mass is 9.87. The molecule has 0 bridgehead atoms. The molecule has 0 spiro atoms. The first-order valence-corrected chi connectivity index (χ1v) is 21.2. The molecular formula is C36H54N6O12Si. The van der Waals surface area contributed by atoms with Gasteiger partial charge in [0.1, 0.15) is 48.4 Å². The normalized spacial score (nSPS) is 20.8. The average Bonchev–Trinajstić information content (AvgIpc) is 3.60. The number of carbonyl (C=O) groups excluding carboxylic acids is 5. The zero-order valence-corrected chi connectivity index (χ0v) is 34.9. The number of nitrogens with one attached hydrogen (secondary N) is 2. The number of alkyl carbamates (subject to hydrolysis) is 1. The fourth-order valence-electron chi connectivity index (χ4n) is 5.28. The van der Waals surface area contributed by atoms with E-state index in [9.17, 15) is 29.2 Å². The lowest BCUT2D eigenvalue weighted by Gasteiger charge is -2.34. The standard InChI is InChI=1S/C36H54N6O12Si/c1-14-24(43)51-25-22(17-48-29(44)26(33(2,3)4)40-32(47)53-35(8,9)10)52-36(18-37,27(25)54-55(11,12)13)23-16-15-21-28(38-19-39-42(21)23)41-31(46)50-20-49-30(45)34(5,6)7/h15-16,19,22,25-27H,14,17,20H2,1-13H3,(H,40,47)(H,38,39,41,46)/t22-,25-,26-,27-,36+/m1/s1. The first-order valence-electron chi connectivity index (χ1n) is 17.8. The lowest BCUT2D eigenvalue weighted by Crippen LogP contribution is -2.52. The van der Waals surface area contributed by atoms with E-state index in [1.54, 1.807) is 69.2 Å². The van der Waals surface area contributed by atoms with E-state index in [-0.39, 0.29) is 23.4 Å². The van der Waals surface area contributed by atoms with Crippen LogP contribution >= 0.6 is 0 Å². The maximum Gasteiger partial charge on any atom is 0.415 e. The number of fused-ring (bicyclic) bond motifs is 1. The minimum Gasteiger partial charge on any atom is -0.461 e. The van der Waals surface area contributed by atoms with Crippen LogP contribution in [-0.2, 0) is 52.8 Å². The van der Waals surface area contributed by atoms with E-state index in [1.165, 1.54) is 16.6 Å². The predicted molar refractivity (Wildman–Crippen MR) is 198 cm³/mol. The van der Waals surface area contributed by atoms with Crippen molar-refractivity contribution in [3.8, 4) is 6.07 Å². The summed E-state index contributed by atoms with van der Waals surface area (Å²) >= 11 is 0. The molecule has 55 heavy (non-hydrogen) atoms. The molecule has 2 N–H and O–H groups in total. The van der Waals surface area contributed by atoms with E-state index in [4.69, 9.17) is 32.8 Å². The van der Waals surface area contributed by atoms with E-state index < -0.39 is 98.2 Å². The second-order valence-corrected chi connectivity index (χ2v) is 21.5. The van der Waals surface area contributed by atoms with Gasteiger partial charge >= 0.3 is 30.1 Å². The largest absolute Gasteiger partial charge is 0.461 e. The molecule has 1 aliphatic heterocycles. The van der Waals surface area contributed by atoms with Crippen molar-refractivity contribution in [3.63, 3.8) is 0 Å². The number of hydrogen-bond acceptors (Lipinski definition) is 15. The van der Waals surface area contributed by atoms with Crippen LogP contribution in [0.4, 0.5) is 15.4 Å². The third kappa shape index (κ3) is 11.6. The minimum absolute atomic E-state index is 0.0179. The molecule has 2 aromatic heterocycles. The Morgan fingerprint density at radius 2 is 1.65 bits per heavy atom. The van der Waals surface area contributed by atoms with Crippen LogP contribution < -0.4 is 10.6 Å². The van der Waals surface area contributed by atoms with Crippen molar-refractivity contribution in [3.05, 3.63) is 24.2 Å². The van der Waals surface area contributed by atoms with Crippen molar-refractivity contribution in [2.75, 3.05) is 18.7 Å². The fraction of sp³-hybridized carbons (Fsp3) is 0.667. The molecule has 5 atom stereocenters. The van der Waals surface area contributed by atoms with Crippen LogP contribution in [0.25, 0.3) is 5.52 Å². The summed E-state index contributed by atoms with van der Waals surface area (Å²) < 4.78 is 41.3.